The average molecular weight is 338 g/mol. The van der Waals surface area contributed by atoms with Crippen molar-refractivity contribution < 1.29 is 9.18 Å². The number of aryl methyl sites for hydroxylation is 2. The second-order valence-corrected chi connectivity index (χ2v) is 6.40. The number of carbonyl (C=O) groups excluding carboxylic acids is 1. The number of rotatable bonds is 7. The van der Waals surface area contributed by atoms with Crippen LogP contribution < -0.4 is 5.32 Å². The molecule has 1 N–H and O–H groups in total. The lowest BCUT2D eigenvalue weighted by Crippen LogP contribution is -2.14. The van der Waals surface area contributed by atoms with Crippen molar-refractivity contribution in [3.05, 3.63) is 65.1 Å². The Labute approximate surface area is 148 Å². The molecule has 1 aliphatic heterocycles. The molecule has 2 aromatic rings. The number of hydrogen-bond acceptors (Lipinski definition) is 3. The van der Waals surface area contributed by atoms with E-state index in [1.807, 2.05) is 0 Å². The monoisotopic (exact) mass is 338 g/mol. The van der Waals surface area contributed by atoms with Crippen molar-refractivity contribution in [2.24, 2.45) is 0 Å². The minimum absolute atomic E-state index is 0.0735. The van der Waals surface area contributed by atoms with Gasteiger partial charge in [-0.1, -0.05) is 24.3 Å². The molecule has 25 heavy (non-hydrogen) atoms. The van der Waals surface area contributed by atoms with E-state index in [1.165, 1.54) is 30.2 Å². The molecule has 0 saturated carbocycles. The highest BCUT2D eigenvalue weighted by atomic mass is 19.1. The second-order valence-electron chi connectivity index (χ2n) is 6.40. The van der Waals surface area contributed by atoms with Crippen LogP contribution in [0.5, 0.6) is 0 Å². The van der Waals surface area contributed by atoms with Crippen LogP contribution in [-0.4, -0.2) is 17.3 Å². The van der Waals surface area contributed by atoms with Gasteiger partial charge in [0.15, 0.2) is 5.78 Å². The highest BCUT2D eigenvalue weighted by Gasteiger charge is 2.10. The van der Waals surface area contributed by atoms with Gasteiger partial charge in [-0.25, -0.2) is 9.37 Å². The first-order chi connectivity index (χ1) is 12.2. The predicted octanol–water partition coefficient (Wildman–Crippen LogP) is 4.57. The molecule has 0 saturated heterocycles. The quantitative estimate of drug-likeness (QED) is 0.594. The Morgan fingerprint density at radius 2 is 2.16 bits per heavy atom. The van der Waals surface area contributed by atoms with Crippen LogP contribution in [0.3, 0.4) is 0 Å². The molecular formula is C21H23FN2O. The minimum atomic E-state index is -0.290. The summed E-state index contributed by atoms with van der Waals surface area (Å²) in [6.45, 7) is 0.996. The molecule has 130 valence electrons. The normalized spacial score (nSPS) is 13.5. The number of pyridine rings is 1. The second kappa shape index (κ2) is 8.56. The summed E-state index contributed by atoms with van der Waals surface area (Å²) in [6.07, 6.45) is 8.63. The van der Waals surface area contributed by atoms with Crippen molar-refractivity contribution in [1.82, 2.24) is 4.98 Å². The van der Waals surface area contributed by atoms with Crippen LogP contribution in [0.1, 0.15) is 42.5 Å². The molecule has 1 aliphatic rings. The molecule has 4 heteroatoms. The van der Waals surface area contributed by atoms with Gasteiger partial charge in [-0.15, -0.1) is 0 Å². The molecular weight excluding hydrogens is 315 g/mol. The molecule has 1 aromatic carbocycles. The van der Waals surface area contributed by atoms with Gasteiger partial charge in [0.25, 0.3) is 0 Å². The lowest BCUT2D eigenvalue weighted by atomic mass is 10.0. The highest BCUT2D eigenvalue weighted by molar-refractivity contribution is 5.93. The number of allylic oxidation sites excluding steroid dienone is 1. The fraction of sp³-hybridized carbons (Fsp3) is 0.333. The molecule has 3 nitrogen and oxygen atoms in total. The Bertz CT molecular complexity index is 770. The van der Waals surface area contributed by atoms with Crippen molar-refractivity contribution in [2.75, 3.05) is 11.9 Å². The highest BCUT2D eigenvalue weighted by Crippen LogP contribution is 2.20. The standard InChI is InChI=1S/C21H23FN2O/c22-18-7-3-5-16(15-18)10-13-20(25)9-2-1-8-19-12-11-17-6-4-14-23-21(17)24-19/h3,5,7,10-13,15H,1-2,4,6,8-9,14H2,(H,23,24)/b13-10+. The fourth-order valence-corrected chi connectivity index (χ4v) is 3.00. The number of aromatic nitrogens is 1. The van der Waals surface area contributed by atoms with Gasteiger partial charge >= 0.3 is 0 Å². The maximum Gasteiger partial charge on any atom is 0.155 e. The molecule has 0 bridgehead atoms. The van der Waals surface area contributed by atoms with Gasteiger partial charge in [0.2, 0.25) is 0 Å². The Hall–Kier alpha value is -2.49. The summed E-state index contributed by atoms with van der Waals surface area (Å²) >= 11 is 0. The lowest BCUT2D eigenvalue weighted by Gasteiger charge is -2.17. The summed E-state index contributed by atoms with van der Waals surface area (Å²) in [5.74, 6) is 0.809. The molecule has 0 radical (unpaired) electrons. The van der Waals surface area contributed by atoms with Crippen molar-refractivity contribution in [3.63, 3.8) is 0 Å². The van der Waals surface area contributed by atoms with Crippen LogP contribution in [0.4, 0.5) is 10.2 Å². The van der Waals surface area contributed by atoms with Gasteiger partial charge in [-0.05, 0) is 67.5 Å². The van der Waals surface area contributed by atoms with Gasteiger partial charge in [-0.2, -0.15) is 0 Å². The average Bonchev–Trinajstić information content (AvgIpc) is 2.63. The van der Waals surface area contributed by atoms with Crippen molar-refractivity contribution in [2.45, 2.75) is 38.5 Å². The van der Waals surface area contributed by atoms with Gasteiger partial charge in [0, 0.05) is 18.7 Å². The van der Waals surface area contributed by atoms with E-state index in [-0.39, 0.29) is 11.6 Å². The molecule has 0 spiro atoms. The topological polar surface area (TPSA) is 42.0 Å². The minimum Gasteiger partial charge on any atom is -0.370 e. The summed E-state index contributed by atoms with van der Waals surface area (Å²) in [4.78, 5) is 16.6. The molecule has 3 rings (SSSR count). The van der Waals surface area contributed by atoms with Crippen LogP contribution in [0, 0.1) is 5.82 Å². The third-order valence-electron chi connectivity index (χ3n) is 4.37. The Kier molecular flexibility index (Phi) is 5.94. The van der Waals surface area contributed by atoms with Crippen molar-refractivity contribution in [3.8, 4) is 0 Å². The number of fused-ring (bicyclic) bond motifs is 1. The van der Waals surface area contributed by atoms with Crippen LogP contribution in [0.25, 0.3) is 6.08 Å². The number of carbonyl (C=O) groups is 1. The van der Waals surface area contributed by atoms with Crippen molar-refractivity contribution >= 4 is 17.7 Å². The van der Waals surface area contributed by atoms with E-state index in [0.717, 1.165) is 43.7 Å². The van der Waals surface area contributed by atoms with Crippen LogP contribution in [-0.2, 0) is 17.6 Å². The number of ketones is 1. The van der Waals surface area contributed by atoms with Crippen LogP contribution in [0.2, 0.25) is 0 Å². The maximum atomic E-state index is 13.1. The molecule has 0 unspecified atom stereocenters. The zero-order valence-electron chi connectivity index (χ0n) is 14.3. The summed E-state index contributed by atoms with van der Waals surface area (Å²) in [5.41, 5.74) is 3.09. The number of nitrogens with zero attached hydrogens (tertiary/aromatic N) is 1. The SMILES string of the molecule is O=C(/C=C/c1cccc(F)c1)CCCCc1ccc2c(n1)NCCC2. The Morgan fingerprint density at radius 3 is 3.04 bits per heavy atom. The van der Waals surface area contributed by atoms with E-state index >= 15 is 0 Å². The summed E-state index contributed by atoms with van der Waals surface area (Å²) < 4.78 is 13.1. The molecule has 1 aromatic heterocycles. The molecule has 0 fully saturated rings. The smallest absolute Gasteiger partial charge is 0.155 e. The Balaban J connectivity index is 1.41. The van der Waals surface area contributed by atoms with E-state index in [0.29, 0.717) is 12.0 Å². The number of halogens is 1. The van der Waals surface area contributed by atoms with Gasteiger partial charge in [-0.3, -0.25) is 4.79 Å². The number of nitrogens with one attached hydrogen (secondary N) is 1. The van der Waals surface area contributed by atoms with E-state index in [9.17, 15) is 9.18 Å². The number of unbranched alkanes of at least 4 members (excludes halogenated alkanes) is 1. The van der Waals surface area contributed by atoms with E-state index in [1.54, 1.807) is 18.2 Å². The summed E-state index contributed by atoms with van der Waals surface area (Å²) in [7, 11) is 0. The Morgan fingerprint density at radius 1 is 1.24 bits per heavy atom. The molecule has 0 aliphatic carbocycles. The van der Waals surface area contributed by atoms with Crippen LogP contribution in [0.15, 0.2) is 42.5 Å². The first-order valence-electron chi connectivity index (χ1n) is 8.90. The summed E-state index contributed by atoms with van der Waals surface area (Å²) in [5, 5.41) is 3.35. The van der Waals surface area contributed by atoms with Gasteiger partial charge in [0.05, 0.1) is 0 Å². The third kappa shape index (κ3) is 5.24. The largest absolute Gasteiger partial charge is 0.370 e. The fourth-order valence-electron chi connectivity index (χ4n) is 3.00. The summed E-state index contributed by atoms with van der Waals surface area (Å²) in [6, 6.07) is 10.5. The van der Waals surface area contributed by atoms with Crippen molar-refractivity contribution in [1.29, 1.82) is 0 Å². The number of benzene rings is 1. The maximum absolute atomic E-state index is 13.1. The zero-order chi connectivity index (χ0) is 17.5. The first kappa shape index (κ1) is 17.3. The van der Waals surface area contributed by atoms with E-state index in [4.69, 9.17) is 0 Å². The van der Waals surface area contributed by atoms with Crippen LogP contribution >= 0.6 is 0 Å². The zero-order valence-corrected chi connectivity index (χ0v) is 14.3. The first-order valence-corrected chi connectivity index (χ1v) is 8.90. The molecule has 0 amide bonds. The number of anilines is 1. The molecule has 0 atom stereocenters. The predicted molar refractivity (Wildman–Crippen MR) is 99.0 cm³/mol. The molecule has 2 heterocycles. The van der Waals surface area contributed by atoms with Gasteiger partial charge in [0.1, 0.15) is 11.6 Å². The van der Waals surface area contributed by atoms with Gasteiger partial charge < -0.3 is 5.32 Å². The number of hydrogen-bond donors (Lipinski definition) is 1. The van der Waals surface area contributed by atoms with E-state index < -0.39 is 0 Å². The third-order valence-corrected chi connectivity index (χ3v) is 4.37. The lowest BCUT2D eigenvalue weighted by molar-refractivity contribution is -0.114. The van der Waals surface area contributed by atoms with E-state index in [2.05, 4.69) is 22.4 Å².